The molecule has 120 valence electrons. The second kappa shape index (κ2) is 8.64. The number of nitrogens with zero attached hydrogens (tertiary/aromatic N) is 4. The molecule has 0 radical (unpaired) electrons. The van der Waals surface area contributed by atoms with E-state index in [9.17, 15) is 0 Å². The molecule has 0 aliphatic carbocycles. The van der Waals surface area contributed by atoms with Crippen LogP contribution in [0, 0.1) is 5.92 Å². The molecule has 0 aliphatic heterocycles. The van der Waals surface area contributed by atoms with Crippen LogP contribution in [0.2, 0.25) is 0 Å². The summed E-state index contributed by atoms with van der Waals surface area (Å²) in [5.41, 5.74) is 5.79. The second-order valence-electron chi connectivity index (χ2n) is 5.86. The van der Waals surface area contributed by atoms with E-state index in [1.54, 1.807) is 0 Å². The van der Waals surface area contributed by atoms with Gasteiger partial charge in [-0.3, -0.25) is 0 Å². The Balaban J connectivity index is 2.65. The van der Waals surface area contributed by atoms with E-state index in [2.05, 4.69) is 59.8 Å². The molecule has 0 bridgehead atoms. The van der Waals surface area contributed by atoms with Crippen molar-refractivity contribution in [2.75, 3.05) is 29.0 Å². The first-order valence-electron chi connectivity index (χ1n) is 7.99. The first kappa shape index (κ1) is 17.5. The molecule has 0 aliphatic rings. The van der Waals surface area contributed by atoms with Crippen LogP contribution >= 0.6 is 0 Å². The summed E-state index contributed by atoms with van der Waals surface area (Å²) in [5.74, 6) is 2.23. The van der Waals surface area contributed by atoms with Gasteiger partial charge in [-0.2, -0.15) is 15.0 Å². The fourth-order valence-electron chi connectivity index (χ4n) is 2.22. The SMILES string of the molecule is CCN(CC)c1nc(N)nc(NC(C)CCCC(C)C)n1. The fraction of sp³-hybridized carbons (Fsp3) is 0.800. The summed E-state index contributed by atoms with van der Waals surface area (Å²) in [6.45, 7) is 12.5. The molecule has 0 aromatic carbocycles. The maximum atomic E-state index is 5.79. The molecule has 0 amide bonds. The van der Waals surface area contributed by atoms with E-state index < -0.39 is 0 Å². The molecule has 0 spiro atoms. The Morgan fingerprint density at radius 3 is 2.29 bits per heavy atom. The Labute approximate surface area is 128 Å². The maximum Gasteiger partial charge on any atom is 0.231 e. The normalized spacial score (nSPS) is 12.5. The number of hydrogen-bond acceptors (Lipinski definition) is 6. The Morgan fingerprint density at radius 1 is 1.05 bits per heavy atom. The van der Waals surface area contributed by atoms with Crippen molar-refractivity contribution in [3.05, 3.63) is 0 Å². The van der Waals surface area contributed by atoms with Gasteiger partial charge in [-0.1, -0.05) is 26.7 Å². The van der Waals surface area contributed by atoms with E-state index >= 15 is 0 Å². The number of nitrogens with one attached hydrogen (secondary N) is 1. The van der Waals surface area contributed by atoms with Gasteiger partial charge in [-0.15, -0.1) is 0 Å². The standard InChI is InChI=1S/C15H30N6/c1-6-21(7-2)15-19-13(16)18-14(20-15)17-12(5)10-8-9-11(3)4/h11-12H,6-10H2,1-5H3,(H3,16,17,18,19,20). The van der Waals surface area contributed by atoms with Crippen LogP contribution in [0.1, 0.15) is 53.9 Å². The predicted molar refractivity (Wildman–Crippen MR) is 89.6 cm³/mol. The van der Waals surface area contributed by atoms with Crippen LogP contribution < -0.4 is 16.0 Å². The van der Waals surface area contributed by atoms with E-state index in [1.165, 1.54) is 12.8 Å². The molecule has 6 heteroatoms. The van der Waals surface area contributed by atoms with E-state index in [0.717, 1.165) is 25.4 Å². The number of anilines is 3. The molecule has 3 N–H and O–H groups in total. The van der Waals surface area contributed by atoms with Crippen LogP contribution in [0.25, 0.3) is 0 Å². The summed E-state index contributed by atoms with van der Waals surface area (Å²) >= 11 is 0. The average molecular weight is 294 g/mol. The van der Waals surface area contributed by atoms with Crippen molar-refractivity contribution in [2.24, 2.45) is 5.92 Å². The van der Waals surface area contributed by atoms with Crippen LogP contribution in [0.4, 0.5) is 17.8 Å². The Hall–Kier alpha value is -1.59. The topological polar surface area (TPSA) is 80.0 Å². The van der Waals surface area contributed by atoms with Crippen molar-refractivity contribution in [2.45, 2.75) is 59.9 Å². The number of rotatable bonds is 9. The molecule has 1 rings (SSSR count). The molecule has 0 saturated carbocycles. The molecular formula is C15H30N6. The van der Waals surface area contributed by atoms with Gasteiger partial charge in [-0.05, 0) is 33.1 Å². The molecule has 21 heavy (non-hydrogen) atoms. The summed E-state index contributed by atoms with van der Waals surface area (Å²) < 4.78 is 0. The minimum Gasteiger partial charge on any atom is -0.368 e. The summed E-state index contributed by atoms with van der Waals surface area (Å²) in [6, 6.07) is 0.329. The first-order valence-corrected chi connectivity index (χ1v) is 7.99. The minimum absolute atomic E-state index is 0.267. The number of nitrogen functional groups attached to an aromatic ring is 1. The molecule has 1 unspecified atom stereocenters. The summed E-state index contributed by atoms with van der Waals surface area (Å²) in [6.07, 6.45) is 3.55. The largest absolute Gasteiger partial charge is 0.368 e. The van der Waals surface area contributed by atoms with Gasteiger partial charge in [0.1, 0.15) is 0 Å². The van der Waals surface area contributed by atoms with Crippen LogP contribution in [0.15, 0.2) is 0 Å². The third-order valence-corrected chi connectivity index (χ3v) is 3.48. The van der Waals surface area contributed by atoms with Crippen molar-refractivity contribution in [1.82, 2.24) is 15.0 Å². The average Bonchev–Trinajstić information content (AvgIpc) is 2.38. The van der Waals surface area contributed by atoms with Gasteiger partial charge in [0.2, 0.25) is 17.8 Å². The molecule has 1 aromatic rings. The molecule has 0 saturated heterocycles. The predicted octanol–water partition coefficient (Wildman–Crippen LogP) is 2.93. The smallest absolute Gasteiger partial charge is 0.231 e. The Morgan fingerprint density at radius 2 is 1.71 bits per heavy atom. The lowest BCUT2D eigenvalue weighted by molar-refractivity contribution is 0.519. The van der Waals surface area contributed by atoms with E-state index in [1.807, 2.05) is 0 Å². The molecular weight excluding hydrogens is 264 g/mol. The summed E-state index contributed by atoms with van der Waals surface area (Å²) in [7, 11) is 0. The van der Waals surface area contributed by atoms with Crippen molar-refractivity contribution >= 4 is 17.8 Å². The molecule has 1 atom stereocenters. The third kappa shape index (κ3) is 6.14. The highest BCUT2D eigenvalue weighted by Gasteiger charge is 2.11. The quantitative estimate of drug-likeness (QED) is 0.729. The molecule has 1 aromatic heterocycles. The van der Waals surface area contributed by atoms with Crippen LogP contribution in [-0.4, -0.2) is 34.1 Å². The maximum absolute atomic E-state index is 5.79. The van der Waals surface area contributed by atoms with Gasteiger partial charge in [0.25, 0.3) is 0 Å². The van der Waals surface area contributed by atoms with Gasteiger partial charge in [0.15, 0.2) is 0 Å². The van der Waals surface area contributed by atoms with Crippen molar-refractivity contribution < 1.29 is 0 Å². The van der Waals surface area contributed by atoms with Crippen LogP contribution in [0.5, 0.6) is 0 Å². The highest BCUT2D eigenvalue weighted by atomic mass is 15.3. The first-order chi connectivity index (χ1) is 9.96. The van der Waals surface area contributed by atoms with Crippen molar-refractivity contribution in [3.8, 4) is 0 Å². The lowest BCUT2D eigenvalue weighted by atomic mass is 10.0. The highest BCUT2D eigenvalue weighted by Crippen LogP contribution is 2.14. The lowest BCUT2D eigenvalue weighted by Gasteiger charge is -2.20. The van der Waals surface area contributed by atoms with Crippen LogP contribution in [0.3, 0.4) is 0 Å². The summed E-state index contributed by atoms with van der Waals surface area (Å²) in [5, 5.41) is 3.33. The Kier molecular flexibility index (Phi) is 7.19. The molecule has 0 fully saturated rings. The zero-order valence-electron chi connectivity index (χ0n) is 14.1. The molecule has 6 nitrogen and oxygen atoms in total. The highest BCUT2D eigenvalue weighted by molar-refractivity contribution is 5.42. The number of hydrogen-bond donors (Lipinski definition) is 2. The van der Waals surface area contributed by atoms with Crippen molar-refractivity contribution in [3.63, 3.8) is 0 Å². The van der Waals surface area contributed by atoms with Gasteiger partial charge in [0.05, 0.1) is 0 Å². The van der Waals surface area contributed by atoms with Gasteiger partial charge in [0, 0.05) is 19.1 Å². The second-order valence-corrected chi connectivity index (χ2v) is 5.86. The zero-order chi connectivity index (χ0) is 15.8. The van der Waals surface area contributed by atoms with E-state index in [-0.39, 0.29) is 5.95 Å². The van der Waals surface area contributed by atoms with E-state index in [4.69, 9.17) is 5.73 Å². The number of nitrogens with two attached hydrogens (primary N) is 1. The van der Waals surface area contributed by atoms with Gasteiger partial charge >= 0.3 is 0 Å². The van der Waals surface area contributed by atoms with E-state index in [0.29, 0.717) is 17.9 Å². The zero-order valence-corrected chi connectivity index (χ0v) is 14.1. The summed E-state index contributed by atoms with van der Waals surface area (Å²) in [4.78, 5) is 14.9. The molecule has 1 heterocycles. The monoisotopic (exact) mass is 294 g/mol. The third-order valence-electron chi connectivity index (χ3n) is 3.48. The fourth-order valence-corrected chi connectivity index (χ4v) is 2.22. The minimum atomic E-state index is 0.267. The number of aromatic nitrogens is 3. The van der Waals surface area contributed by atoms with Crippen molar-refractivity contribution in [1.29, 1.82) is 0 Å². The lowest BCUT2D eigenvalue weighted by Crippen LogP contribution is -2.26. The Bertz CT molecular complexity index is 417. The van der Waals surface area contributed by atoms with Gasteiger partial charge in [-0.25, -0.2) is 0 Å². The van der Waals surface area contributed by atoms with Gasteiger partial charge < -0.3 is 16.0 Å². The van der Waals surface area contributed by atoms with Crippen LogP contribution in [-0.2, 0) is 0 Å².